The number of hydrogen-bond acceptors (Lipinski definition) is 3. The second-order valence-corrected chi connectivity index (χ2v) is 4.69. The maximum absolute atomic E-state index is 12.4. The molecule has 2 N–H and O–H groups in total. The van der Waals surface area contributed by atoms with Gasteiger partial charge in [-0.2, -0.15) is 0 Å². The smallest absolute Gasteiger partial charge is 0.256 e. The normalized spacial score (nSPS) is 17.7. The van der Waals surface area contributed by atoms with Gasteiger partial charge in [0.15, 0.2) is 6.10 Å². The van der Waals surface area contributed by atoms with Gasteiger partial charge in [0.1, 0.15) is 0 Å². The zero-order valence-corrected chi connectivity index (χ0v) is 11.9. The Balaban J connectivity index is 0.00000180. The number of nitrogens with two attached hydrogens (primary N) is 1. The Bertz CT molecular complexity index is 392. The third-order valence-corrected chi connectivity index (χ3v) is 3.41. The summed E-state index contributed by atoms with van der Waals surface area (Å²) in [5.74, 6) is 0.0376. The van der Waals surface area contributed by atoms with Crippen LogP contribution in [0.2, 0.25) is 0 Å². The molecule has 0 spiro atoms. The molecular weight excluding hydrogens is 264 g/mol. The van der Waals surface area contributed by atoms with E-state index >= 15 is 0 Å². The number of carbonyl (C=O) groups excluding carboxylic acids is 1. The number of likely N-dealkylation sites (tertiary alicyclic amines) is 1. The Labute approximate surface area is 120 Å². The van der Waals surface area contributed by atoms with Crippen LogP contribution in [0.25, 0.3) is 0 Å². The van der Waals surface area contributed by atoms with Crippen LogP contribution in [0, 0.1) is 0 Å². The van der Waals surface area contributed by atoms with Gasteiger partial charge in [0.05, 0.1) is 0 Å². The molecule has 1 atom stereocenters. The number of benzene rings is 1. The van der Waals surface area contributed by atoms with Crippen LogP contribution in [0.4, 0.5) is 0 Å². The van der Waals surface area contributed by atoms with Gasteiger partial charge in [-0.15, -0.1) is 12.4 Å². The number of hydrogen-bond donors (Lipinski definition) is 1. The lowest BCUT2D eigenvalue weighted by molar-refractivity contribution is -0.143. The highest BCUT2D eigenvalue weighted by atomic mass is 35.5. The molecule has 1 saturated heterocycles. The summed E-state index contributed by atoms with van der Waals surface area (Å²) < 4.78 is 5.36. The van der Waals surface area contributed by atoms with Gasteiger partial charge in [0.2, 0.25) is 0 Å². The molecule has 0 saturated carbocycles. The van der Waals surface area contributed by atoms with Crippen LogP contribution in [0.5, 0.6) is 0 Å². The molecule has 1 aliphatic rings. The average molecular weight is 285 g/mol. The molecule has 1 amide bonds. The minimum absolute atomic E-state index is 0. The molecule has 0 aliphatic carbocycles. The van der Waals surface area contributed by atoms with Crippen molar-refractivity contribution in [2.24, 2.45) is 5.73 Å². The van der Waals surface area contributed by atoms with Crippen molar-refractivity contribution >= 4 is 18.3 Å². The highest BCUT2D eigenvalue weighted by Gasteiger charge is 2.28. The molecule has 2 rings (SSSR count). The van der Waals surface area contributed by atoms with Crippen LogP contribution in [-0.4, -0.2) is 37.0 Å². The lowest BCUT2D eigenvalue weighted by atomic mass is 10.0. The van der Waals surface area contributed by atoms with E-state index in [0.29, 0.717) is 0 Å². The topological polar surface area (TPSA) is 55.6 Å². The SMILES string of the molecule is COC(C(=O)N1CCC(N)CC1)c1ccccc1.Cl. The summed E-state index contributed by atoms with van der Waals surface area (Å²) >= 11 is 0. The van der Waals surface area contributed by atoms with E-state index in [2.05, 4.69) is 0 Å². The van der Waals surface area contributed by atoms with E-state index < -0.39 is 6.10 Å². The predicted octanol–water partition coefficient (Wildman–Crippen LogP) is 1.75. The summed E-state index contributed by atoms with van der Waals surface area (Å²) in [6.07, 6.45) is 1.24. The molecule has 1 unspecified atom stereocenters. The molecule has 1 heterocycles. The van der Waals surface area contributed by atoms with E-state index in [-0.39, 0.29) is 24.4 Å². The summed E-state index contributed by atoms with van der Waals surface area (Å²) in [5.41, 5.74) is 6.75. The van der Waals surface area contributed by atoms with Gasteiger partial charge in [-0.1, -0.05) is 30.3 Å². The van der Waals surface area contributed by atoms with Gasteiger partial charge in [-0.25, -0.2) is 0 Å². The molecule has 1 aromatic rings. The Morgan fingerprint density at radius 3 is 2.42 bits per heavy atom. The molecule has 106 valence electrons. The molecular formula is C14H21ClN2O2. The van der Waals surface area contributed by atoms with Gasteiger partial charge >= 0.3 is 0 Å². The number of ether oxygens (including phenoxy) is 1. The number of rotatable bonds is 3. The first kappa shape index (κ1) is 16.0. The first-order valence-corrected chi connectivity index (χ1v) is 6.34. The zero-order valence-electron chi connectivity index (χ0n) is 11.1. The summed E-state index contributed by atoms with van der Waals surface area (Å²) in [6, 6.07) is 9.83. The van der Waals surface area contributed by atoms with Crippen molar-refractivity contribution in [1.82, 2.24) is 4.90 Å². The first-order valence-electron chi connectivity index (χ1n) is 6.34. The number of halogens is 1. The highest BCUT2D eigenvalue weighted by Crippen LogP contribution is 2.21. The van der Waals surface area contributed by atoms with Gasteiger partial charge in [0, 0.05) is 26.2 Å². The number of carbonyl (C=O) groups is 1. The van der Waals surface area contributed by atoms with Crippen molar-refractivity contribution in [1.29, 1.82) is 0 Å². The van der Waals surface area contributed by atoms with Crippen molar-refractivity contribution in [2.45, 2.75) is 25.0 Å². The average Bonchev–Trinajstić information content (AvgIpc) is 2.41. The molecule has 1 aromatic carbocycles. The minimum atomic E-state index is -0.500. The maximum atomic E-state index is 12.4. The Morgan fingerprint density at radius 1 is 1.32 bits per heavy atom. The second kappa shape index (κ2) is 7.48. The number of amides is 1. The van der Waals surface area contributed by atoms with E-state index in [1.54, 1.807) is 7.11 Å². The first-order chi connectivity index (χ1) is 8.72. The quantitative estimate of drug-likeness (QED) is 0.920. The zero-order chi connectivity index (χ0) is 13.0. The van der Waals surface area contributed by atoms with Crippen LogP contribution >= 0.6 is 12.4 Å². The van der Waals surface area contributed by atoms with Crippen molar-refractivity contribution in [3.63, 3.8) is 0 Å². The highest BCUT2D eigenvalue weighted by molar-refractivity contribution is 5.85. The van der Waals surface area contributed by atoms with Gasteiger partial charge in [-0.3, -0.25) is 4.79 Å². The van der Waals surface area contributed by atoms with Gasteiger partial charge < -0.3 is 15.4 Å². The van der Waals surface area contributed by atoms with Crippen LogP contribution in [0.1, 0.15) is 24.5 Å². The van der Waals surface area contributed by atoms with E-state index in [9.17, 15) is 4.79 Å². The molecule has 1 aliphatic heterocycles. The van der Waals surface area contributed by atoms with Crippen LogP contribution in [0.15, 0.2) is 30.3 Å². The van der Waals surface area contributed by atoms with Crippen molar-refractivity contribution in [2.75, 3.05) is 20.2 Å². The number of piperidine rings is 1. The monoisotopic (exact) mass is 284 g/mol. The molecule has 4 nitrogen and oxygen atoms in total. The third kappa shape index (κ3) is 3.93. The maximum Gasteiger partial charge on any atom is 0.256 e. The number of nitrogens with zero attached hydrogens (tertiary/aromatic N) is 1. The van der Waals surface area contributed by atoms with E-state index in [1.807, 2.05) is 35.2 Å². The molecule has 19 heavy (non-hydrogen) atoms. The molecule has 5 heteroatoms. The standard InChI is InChI=1S/C14H20N2O2.ClH/c1-18-13(11-5-3-2-4-6-11)14(17)16-9-7-12(15)8-10-16;/h2-6,12-13H,7-10,15H2,1H3;1H. The minimum Gasteiger partial charge on any atom is -0.367 e. The lowest BCUT2D eigenvalue weighted by Gasteiger charge is -2.32. The van der Waals surface area contributed by atoms with Gasteiger partial charge in [0.25, 0.3) is 5.91 Å². The predicted molar refractivity (Wildman–Crippen MR) is 77.2 cm³/mol. The fourth-order valence-corrected chi connectivity index (χ4v) is 2.29. The third-order valence-electron chi connectivity index (χ3n) is 3.41. The summed E-state index contributed by atoms with van der Waals surface area (Å²) in [5, 5.41) is 0. The Hall–Kier alpha value is -1.10. The Morgan fingerprint density at radius 2 is 1.89 bits per heavy atom. The largest absolute Gasteiger partial charge is 0.367 e. The van der Waals surface area contributed by atoms with Crippen molar-refractivity contribution in [3.8, 4) is 0 Å². The Kier molecular flexibility index (Phi) is 6.28. The van der Waals surface area contributed by atoms with E-state index in [0.717, 1.165) is 31.5 Å². The molecule has 0 bridgehead atoms. The summed E-state index contributed by atoms with van der Waals surface area (Å²) in [6.45, 7) is 1.46. The molecule has 0 radical (unpaired) electrons. The van der Waals surface area contributed by atoms with Crippen LogP contribution in [0.3, 0.4) is 0 Å². The fraction of sp³-hybridized carbons (Fsp3) is 0.500. The molecule has 0 aromatic heterocycles. The van der Waals surface area contributed by atoms with Crippen LogP contribution in [-0.2, 0) is 9.53 Å². The van der Waals surface area contributed by atoms with Gasteiger partial charge in [-0.05, 0) is 18.4 Å². The van der Waals surface area contributed by atoms with E-state index in [1.165, 1.54) is 0 Å². The van der Waals surface area contributed by atoms with Crippen molar-refractivity contribution < 1.29 is 9.53 Å². The summed E-state index contributed by atoms with van der Waals surface area (Å²) in [7, 11) is 1.57. The number of methoxy groups -OCH3 is 1. The van der Waals surface area contributed by atoms with E-state index in [4.69, 9.17) is 10.5 Å². The fourth-order valence-electron chi connectivity index (χ4n) is 2.29. The lowest BCUT2D eigenvalue weighted by Crippen LogP contribution is -2.45. The summed E-state index contributed by atoms with van der Waals surface area (Å²) in [4.78, 5) is 14.2. The van der Waals surface area contributed by atoms with Crippen molar-refractivity contribution in [3.05, 3.63) is 35.9 Å². The van der Waals surface area contributed by atoms with Crippen LogP contribution < -0.4 is 5.73 Å². The second-order valence-electron chi connectivity index (χ2n) is 4.69. The molecule has 1 fully saturated rings.